The van der Waals surface area contributed by atoms with Crippen LogP contribution < -0.4 is 15.2 Å². The van der Waals surface area contributed by atoms with Crippen LogP contribution in [-0.4, -0.2) is 72.7 Å². The van der Waals surface area contributed by atoms with Gasteiger partial charge < -0.3 is 14.5 Å². The Kier molecular flexibility index (Phi) is 6.16. The summed E-state index contributed by atoms with van der Waals surface area (Å²) in [6.07, 6.45) is 1.55. The highest BCUT2D eigenvalue weighted by molar-refractivity contribution is 5.35. The minimum atomic E-state index is 0.0316. The van der Waals surface area contributed by atoms with Crippen LogP contribution in [0.2, 0.25) is 0 Å². The topological polar surface area (TPSA) is 64.7 Å². The molecule has 1 saturated heterocycles. The number of nitrogens with zero attached hydrogens (tertiary/aromatic N) is 4. The molecule has 7 heteroatoms. The molecule has 3 heterocycles. The number of anilines is 1. The molecule has 0 unspecified atom stereocenters. The Balaban J connectivity index is 1.45. The molecule has 0 bridgehead atoms. The monoisotopic (exact) mass is 397 g/mol. The Hall–Kier alpha value is -2.38. The molecule has 1 fully saturated rings. The maximum Gasteiger partial charge on any atom is 0.255 e. The lowest BCUT2D eigenvalue weighted by Crippen LogP contribution is -2.45. The molecule has 0 spiro atoms. The van der Waals surface area contributed by atoms with Crippen LogP contribution in [0, 0.1) is 0 Å². The molecule has 1 aromatic carbocycles. The predicted molar refractivity (Wildman–Crippen MR) is 115 cm³/mol. The van der Waals surface area contributed by atoms with Gasteiger partial charge >= 0.3 is 0 Å². The smallest absolute Gasteiger partial charge is 0.255 e. The summed E-state index contributed by atoms with van der Waals surface area (Å²) in [5, 5.41) is 0. The maximum atomic E-state index is 12.8. The third kappa shape index (κ3) is 4.79. The first kappa shape index (κ1) is 19.9. The van der Waals surface area contributed by atoms with E-state index in [4.69, 9.17) is 9.72 Å². The van der Waals surface area contributed by atoms with Crippen molar-refractivity contribution in [2.24, 2.45) is 0 Å². The fraction of sp³-hybridized carbons (Fsp3) is 0.545. The summed E-state index contributed by atoms with van der Waals surface area (Å²) < 4.78 is 5.62. The van der Waals surface area contributed by atoms with Gasteiger partial charge in [0.1, 0.15) is 5.75 Å². The standard InChI is InChI=1S/C22H31N5O2/c1-3-29-18-6-4-5-17(15-18)16-26-9-7-19-20(8-10-26)23-22(24-21(19)28)27-13-11-25(2)12-14-27/h4-6,15H,3,7-14,16H2,1-2H3,(H,23,24,28). The predicted octanol–water partition coefficient (Wildman–Crippen LogP) is 1.52. The van der Waals surface area contributed by atoms with Crippen molar-refractivity contribution in [3.8, 4) is 5.75 Å². The van der Waals surface area contributed by atoms with E-state index in [0.29, 0.717) is 6.61 Å². The van der Waals surface area contributed by atoms with Gasteiger partial charge in [-0.25, -0.2) is 4.98 Å². The van der Waals surface area contributed by atoms with Gasteiger partial charge in [0, 0.05) is 57.8 Å². The van der Waals surface area contributed by atoms with Crippen LogP contribution in [0.5, 0.6) is 5.75 Å². The van der Waals surface area contributed by atoms with Crippen LogP contribution in [0.25, 0.3) is 0 Å². The molecule has 1 aromatic heterocycles. The Labute approximate surface area is 172 Å². The van der Waals surface area contributed by atoms with Crippen LogP contribution in [0.15, 0.2) is 29.1 Å². The van der Waals surface area contributed by atoms with E-state index >= 15 is 0 Å². The number of likely N-dealkylation sites (N-methyl/N-ethyl adjacent to an activating group) is 1. The number of H-pyrrole nitrogens is 1. The quantitative estimate of drug-likeness (QED) is 0.825. The molecule has 29 heavy (non-hydrogen) atoms. The lowest BCUT2D eigenvalue weighted by molar-refractivity contribution is 0.277. The summed E-state index contributed by atoms with van der Waals surface area (Å²) in [5.41, 5.74) is 3.09. The van der Waals surface area contributed by atoms with Gasteiger partial charge in [-0.3, -0.25) is 14.7 Å². The van der Waals surface area contributed by atoms with Crippen LogP contribution in [0.1, 0.15) is 23.7 Å². The molecular formula is C22H31N5O2. The second kappa shape index (κ2) is 8.97. The van der Waals surface area contributed by atoms with Crippen LogP contribution in [-0.2, 0) is 19.4 Å². The first-order valence-corrected chi connectivity index (χ1v) is 10.6. The summed E-state index contributed by atoms with van der Waals surface area (Å²) >= 11 is 0. The van der Waals surface area contributed by atoms with Gasteiger partial charge in [-0.15, -0.1) is 0 Å². The average Bonchev–Trinajstić information content (AvgIpc) is 2.92. The van der Waals surface area contributed by atoms with E-state index in [9.17, 15) is 4.79 Å². The number of fused-ring (bicyclic) bond motifs is 1. The number of piperazine rings is 1. The van der Waals surface area contributed by atoms with E-state index in [-0.39, 0.29) is 5.56 Å². The number of aromatic nitrogens is 2. The lowest BCUT2D eigenvalue weighted by atomic mass is 10.1. The summed E-state index contributed by atoms with van der Waals surface area (Å²) in [4.78, 5) is 27.6. The van der Waals surface area contributed by atoms with E-state index in [0.717, 1.165) is 81.6 Å². The van der Waals surface area contributed by atoms with E-state index in [1.165, 1.54) is 5.56 Å². The van der Waals surface area contributed by atoms with Gasteiger partial charge in [-0.2, -0.15) is 0 Å². The average molecular weight is 398 g/mol. The SMILES string of the molecule is CCOc1cccc(CN2CCc3nc(N4CCN(C)CC4)[nH]c(=O)c3CC2)c1. The number of nitrogens with one attached hydrogen (secondary N) is 1. The van der Waals surface area contributed by atoms with Gasteiger partial charge in [0.25, 0.3) is 5.56 Å². The first-order chi connectivity index (χ1) is 14.1. The zero-order chi connectivity index (χ0) is 20.2. The number of benzene rings is 1. The van der Waals surface area contributed by atoms with Crippen LogP contribution in [0.4, 0.5) is 5.95 Å². The summed E-state index contributed by atoms with van der Waals surface area (Å²) in [6.45, 7) is 9.10. The third-order valence-electron chi connectivity index (χ3n) is 5.85. The second-order valence-electron chi connectivity index (χ2n) is 7.96. The van der Waals surface area contributed by atoms with Crippen molar-refractivity contribution in [1.29, 1.82) is 0 Å². The zero-order valence-corrected chi connectivity index (χ0v) is 17.5. The van der Waals surface area contributed by atoms with Gasteiger partial charge in [0.2, 0.25) is 5.95 Å². The first-order valence-electron chi connectivity index (χ1n) is 10.6. The van der Waals surface area contributed by atoms with E-state index in [1.54, 1.807) is 0 Å². The molecule has 2 aliphatic rings. The van der Waals surface area contributed by atoms with E-state index in [1.807, 2.05) is 19.1 Å². The lowest BCUT2D eigenvalue weighted by Gasteiger charge is -2.32. The Morgan fingerprint density at radius 3 is 2.69 bits per heavy atom. The van der Waals surface area contributed by atoms with Crippen molar-refractivity contribution in [3.63, 3.8) is 0 Å². The molecule has 7 nitrogen and oxygen atoms in total. The summed E-state index contributed by atoms with van der Waals surface area (Å²) in [5.74, 6) is 1.65. The van der Waals surface area contributed by atoms with Crippen molar-refractivity contribution in [2.75, 3.05) is 57.8 Å². The van der Waals surface area contributed by atoms with Crippen molar-refractivity contribution in [2.45, 2.75) is 26.3 Å². The van der Waals surface area contributed by atoms with Crippen LogP contribution in [0.3, 0.4) is 0 Å². The highest BCUT2D eigenvalue weighted by atomic mass is 16.5. The second-order valence-corrected chi connectivity index (χ2v) is 7.96. The largest absolute Gasteiger partial charge is 0.494 e. The molecular weight excluding hydrogens is 366 g/mol. The number of rotatable bonds is 5. The molecule has 0 aliphatic carbocycles. The fourth-order valence-corrected chi connectivity index (χ4v) is 4.13. The fourth-order valence-electron chi connectivity index (χ4n) is 4.13. The van der Waals surface area contributed by atoms with E-state index in [2.05, 4.69) is 38.9 Å². The number of hydrogen-bond acceptors (Lipinski definition) is 6. The number of aromatic amines is 1. The molecule has 4 rings (SSSR count). The zero-order valence-electron chi connectivity index (χ0n) is 17.5. The Bertz CT molecular complexity index is 889. The molecule has 0 amide bonds. The van der Waals surface area contributed by atoms with E-state index < -0.39 is 0 Å². The number of ether oxygens (including phenoxy) is 1. The molecule has 1 N–H and O–H groups in total. The van der Waals surface area contributed by atoms with Gasteiger partial charge in [0.05, 0.1) is 12.3 Å². The molecule has 0 radical (unpaired) electrons. The minimum absolute atomic E-state index is 0.0316. The number of hydrogen-bond donors (Lipinski definition) is 1. The molecule has 0 atom stereocenters. The Morgan fingerprint density at radius 1 is 1.10 bits per heavy atom. The third-order valence-corrected chi connectivity index (χ3v) is 5.85. The highest BCUT2D eigenvalue weighted by Gasteiger charge is 2.22. The molecule has 0 saturated carbocycles. The maximum absolute atomic E-state index is 12.8. The highest BCUT2D eigenvalue weighted by Crippen LogP contribution is 2.19. The van der Waals surface area contributed by atoms with Crippen molar-refractivity contribution in [1.82, 2.24) is 19.8 Å². The van der Waals surface area contributed by atoms with Crippen molar-refractivity contribution < 1.29 is 4.74 Å². The van der Waals surface area contributed by atoms with Crippen molar-refractivity contribution in [3.05, 3.63) is 51.4 Å². The molecule has 2 aliphatic heterocycles. The summed E-state index contributed by atoms with van der Waals surface area (Å²) in [6, 6.07) is 8.28. The molecule has 156 valence electrons. The van der Waals surface area contributed by atoms with Gasteiger partial charge in [0.15, 0.2) is 0 Å². The summed E-state index contributed by atoms with van der Waals surface area (Å²) in [7, 11) is 2.13. The van der Waals surface area contributed by atoms with Crippen molar-refractivity contribution >= 4 is 5.95 Å². The minimum Gasteiger partial charge on any atom is -0.494 e. The normalized spacial score (nSPS) is 18.3. The van der Waals surface area contributed by atoms with Gasteiger partial charge in [-0.05, 0) is 38.1 Å². The molecule has 2 aromatic rings. The van der Waals surface area contributed by atoms with Gasteiger partial charge in [-0.1, -0.05) is 12.1 Å². The van der Waals surface area contributed by atoms with Crippen LogP contribution >= 0.6 is 0 Å². The Morgan fingerprint density at radius 2 is 1.90 bits per heavy atom.